The highest BCUT2D eigenvalue weighted by molar-refractivity contribution is 5.92. The molecule has 1 aliphatic heterocycles. The lowest BCUT2D eigenvalue weighted by atomic mass is 10.2. The number of hydrogen-bond donors (Lipinski definition) is 2. The molecule has 0 aromatic heterocycles. The van der Waals surface area contributed by atoms with E-state index in [1.807, 2.05) is 54.6 Å². The van der Waals surface area contributed by atoms with Gasteiger partial charge >= 0.3 is 0 Å². The predicted molar refractivity (Wildman–Crippen MR) is 107 cm³/mol. The van der Waals surface area contributed by atoms with Gasteiger partial charge in [-0.25, -0.2) is 0 Å². The maximum Gasteiger partial charge on any atom is 0.225 e. The Hall–Kier alpha value is -2.08. The molecule has 2 N–H and O–H groups in total. The van der Waals surface area contributed by atoms with E-state index in [1.165, 1.54) is 0 Å². The molecule has 0 aliphatic carbocycles. The van der Waals surface area contributed by atoms with E-state index >= 15 is 0 Å². The van der Waals surface area contributed by atoms with Crippen LogP contribution in [0.25, 0.3) is 0 Å². The lowest BCUT2D eigenvalue weighted by Gasteiger charge is -2.33. The van der Waals surface area contributed by atoms with Crippen LogP contribution < -0.4 is 15.4 Å². The molecule has 0 saturated carbocycles. The van der Waals surface area contributed by atoms with Crippen LogP contribution in [0.4, 0.5) is 5.69 Å². The topological polar surface area (TPSA) is 53.6 Å². The van der Waals surface area contributed by atoms with Gasteiger partial charge in [0.25, 0.3) is 0 Å². The Balaban J connectivity index is 0.00000243. The van der Waals surface area contributed by atoms with Crippen molar-refractivity contribution in [1.82, 2.24) is 10.2 Å². The number of piperazine rings is 1. The highest BCUT2D eigenvalue weighted by atomic mass is 35.5. The number of amides is 1. The summed E-state index contributed by atoms with van der Waals surface area (Å²) in [4.78, 5) is 14.7. The van der Waals surface area contributed by atoms with Crippen LogP contribution in [-0.4, -0.2) is 43.0 Å². The van der Waals surface area contributed by atoms with Crippen LogP contribution in [0.15, 0.2) is 54.6 Å². The molecule has 1 amide bonds. The average molecular weight is 376 g/mol. The first-order valence-electron chi connectivity index (χ1n) is 8.79. The molecule has 1 atom stereocenters. The largest absolute Gasteiger partial charge is 0.455 e. The van der Waals surface area contributed by atoms with E-state index in [0.29, 0.717) is 23.9 Å². The van der Waals surface area contributed by atoms with E-state index in [2.05, 4.69) is 22.5 Å². The summed E-state index contributed by atoms with van der Waals surface area (Å²) in [6.45, 7) is 5.92. The van der Waals surface area contributed by atoms with Crippen LogP contribution in [0.2, 0.25) is 0 Å². The molecule has 26 heavy (non-hydrogen) atoms. The van der Waals surface area contributed by atoms with Crippen molar-refractivity contribution >= 4 is 24.0 Å². The second-order valence-corrected chi connectivity index (χ2v) is 6.30. The number of carbonyl (C=O) groups is 1. The zero-order chi connectivity index (χ0) is 17.5. The van der Waals surface area contributed by atoms with Gasteiger partial charge in [-0.3, -0.25) is 9.69 Å². The molecule has 2 aromatic carbocycles. The Morgan fingerprint density at radius 2 is 1.92 bits per heavy atom. The van der Waals surface area contributed by atoms with Gasteiger partial charge in [0.1, 0.15) is 5.75 Å². The van der Waals surface area contributed by atoms with Crippen molar-refractivity contribution in [2.24, 2.45) is 0 Å². The van der Waals surface area contributed by atoms with Crippen molar-refractivity contribution in [2.45, 2.75) is 19.4 Å². The Morgan fingerprint density at radius 1 is 1.19 bits per heavy atom. The summed E-state index contributed by atoms with van der Waals surface area (Å²) >= 11 is 0. The molecule has 0 unspecified atom stereocenters. The fourth-order valence-electron chi connectivity index (χ4n) is 2.95. The molecule has 1 aliphatic rings. The monoisotopic (exact) mass is 375 g/mol. The van der Waals surface area contributed by atoms with Crippen molar-refractivity contribution in [3.63, 3.8) is 0 Å². The van der Waals surface area contributed by atoms with Gasteiger partial charge in [-0.2, -0.15) is 0 Å². The number of nitrogens with one attached hydrogen (secondary N) is 2. The van der Waals surface area contributed by atoms with Crippen molar-refractivity contribution in [3.8, 4) is 11.5 Å². The average Bonchev–Trinajstić information content (AvgIpc) is 2.64. The Morgan fingerprint density at radius 3 is 2.69 bits per heavy atom. The van der Waals surface area contributed by atoms with Gasteiger partial charge < -0.3 is 15.4 Å². The molecule has 5 nitrogen and oxygen atoms in total. The number of hydrogen-bond acceptors (Lipinski definition) is 4. The minimum atomic E-state index is 0. The number of carbonyl (C=O) groups excluding carboxylic acids is 1. The van der Waals surface area contributed by atoms with Crippen molar-refractivity contribution in [1.29, 1.82) is 0 Å². The van der Waals surface area contributed by atoms with E-state index in [4.69, 9.17) is 4.74 Å². The summed E-state index contributed by atoms with van der Waals surface area (Å²) in [5, 5.41) is 6.34. The van der Waals surface area contributed by atoms with E-state index in [-0.39, 0.29) is 18.3 Å². The number of halogens is 1. The van der Waals surface area contributed by atoms with Gasteiger partial charge in [0, 0.05) is 38.6 Å². The summed E-state index contributed by atoms with van der Waals surface area (Å²) in [7, 11) is 0. The molecule has 0 spiro atoms. The maximum absolute atomic E-state index is 12.4. The van der Waals surface area contributed by atoms with Crippen molar-refractivity contribution < 1.29 is 9.53 Å². The molecule has 1 saturated heterocycles. The van der Waals surface area contributed by atoms with Crippen LogP contribution >= 0.6 is 12.4 Å². The summed E-state index contributed by atoms with van der Waals surface area (Å²) in [6, 6.07) is 17.6. The highest BCUT2D eigenvalue weighted by Gasteiger charge is 2.18. The van der Waals surface area contributed by atoms with Crippen LogP contribution in [0.3, 0.4) is 0 Å². The second kappa shape index (κ2) is 10.2. The third-order valence-corrected chi connectivity index (χ3v) is 4.40. The number of anilines is 1. The Bertz CT molecular complexity index is 696. The number of nitrogens with zero attached hydrogens (tertiary/aromatic N) is 1. The molecular formula is C20H26ClN3O2. The van der Waals surface area contributed by atoms with Crippen molar-refractivity contribution in [2.75, 3.05) is 31.5 Å². The maximum atomic E-state index is 12.4. The first kappa shape index (κ1) is 20.2. The zero-order valence-electron chi connectivity index (χ0n) is 15.0. The Labute approximate surface area is 161 Å². The van der Waals surface area contributed by atoms with Gasteiger partial charge in [0.05, 0.1) is 5.69 Å². The summed E-state index contributed by atoms with van der Waals surface area (Å²) < 4.78 is 5.89. The molecule has 0 bridgehead atoms. The van der Waals surface area contributed by atoms with E-state index < -0.39 is 0 Å². The molecule has 2 aromatic rings. The SMILES string of the molecule is C[C@@H]1CNCCN1CCC(=O)Nc1ccccc1Oc1ccccc1.Cl. The molecule has 3 rings (SSSR count). The van der Waals surface area contributed by atoms with Gasteiger partial charge in [-0.15, -0.1) is 12.4 Å². The van der Waals surface area contributed by atoms with Crippen LogP contribution in [-0.2, 0) is 4.79 Å². The quantitative estimate of drug-likeness (QED) is 0.811. The van der Waals surface area contributed by atoms with E-state index in [9.17, 15) is 4.79 Å². The highest BCUT2D eigenvalue weighted by Crippen LogP contribution is 2.29. The summed E-state index contributed by atoms with van der Waals surface area (Å²) in [6.07, 6.45) is 0.476. The lowest BCUT2D eigenvalue weighted by Crippen LogP contribution is -2.50. The number of rotatable bonds is 6. The fraction of sp³-hybridized carbons (Fsp3) is 0.350. The third kappa shape index (κ3) is 5.73. The van der Waals surface area contributed by atoms with Crippen molar-refractivity contribution in [3.05, 3.63) is 54.6 Å². The van der Waals surface area contributed by atoms with Crippen LogP contribution in [0.1, 0.15) is 13.3 Å². The predicted octanol–water partition coefficient (Wildman–Crippen LogP) is 3.52. The molecule has 6 heteroatoms. The number of ether oxygens (including phenoxy) is 1. The second-order valence-electron chi connectivity index (χ2n) is 6.30. The first-order valence-corrected chi connectivity index (χ1v) is 8.79. The van der Waals surface area contributed by atoms with Gasteiger partial charge in [0.2, 0.25) is 5.91 Å². The van der Waals surface area contributed by atoms with Gasteiger partial charge in [-0.05, 0) is 31.2 Å². The molecule has 1 fully saturated rings. The van der Waals surface area contributed by atoms with Gasteiger partial charge in [-0.1, -0.05) is 30.3 Å². The lowest BCUT2D eigenvalue weighted by molar-refractivity contribution is -0.116. The third-order valence-electron chi connectivity index (χ3n) is 4.40. The molecule has 140 valence electrons. The summed E-state index contributed by atoms with van der Waals surface area (Å²) in [5.74, 6) is 1.41. The molecular weight excluding hydrogens is 350 g/mol. The summed E-state index contributed by atoms with van der Waals surface area (Å²) in [5.41, 5.74) is 0.699. The van der Waals surface area contributed by atoms with E-state index in [1.54, 1.807) is 0 Å². The van der Waals surface area contributed by atoms with E-state index in [0.717, 1.165) is 31.9 Å². The standard InChI is InChI=1S/C20H25N3O2.ClH/c1-16-15-21-12-14-23(16)13-11-20(24)22-18-9-5-6-10-19(18)25-17-7-3-2-4-8-17;/h2-10,16,21H,11-15H2,1H3,(H,22,24);1H/t16-;/m1./s1. The normalized spacial score (nSPS) is 17.2. The first-order chi connectivity index (χ1) is 12.2. The fourth-order valence-corrected chi connectivity index (χ4v) is 2.95. The van der Waals surface area contributed by atoms with Crippen LogP contribution in [0.5, 0.6) is 11.5 Å². The number of para-hydroxylation sites is 3. The zero-order valence-corrected chi connectivity index (χ0v) is 15.8. The van der Waals surface area contributed by atoms with Crippen LogP contribution in [0, 0.1) is 0 Å². The minimum Gasteiger partial charge on any atom is -0.455 e. The Kier molecular flexibility index (Phi) is 7.91. The molecule has 0 radical (unpaired) electrons. The minimum absolute atomic E-state index is 0. The molecule has 1 heterocycles. The number of benzene rings is 2. The smallest absolute Gasteiger partial charge is 0.225 e. The van der Waals surface area contributed by atoms with Gasteiger partial charge in [0.15, 0.2) is 5.75 Å².